The molecule has 0 aliphatic carbocycles. The third kappa shape index (κ3) is 5.64. The number of hydrogen-bond donors (Lipinski definition) is 2. The van der Waals surface area contributed by atoms with Crippen molar-refractivity contribution < 1.29 is 14.3 Å². The van der Waals surface area contributed by atoms with Crippen LogP contribution in [0.25, 0.3) is 0 Å². The molecule has 0 spiro atoms. The van der Waals surface area contributed by atoms with Crippen LogP contribution in [0.3, 0.4) is 0 Å². The maximum absolute atomic E-state index is 14.0. The molecular formula is C27H30FN3O2. The largest absolute Gasteiger partial charge is 0.387 e. The van der Waals surface area contributed by atoms with E-state index in [2.05, 4.69) is 10.3 Å². The second-order valence-electron chi connectivity index (χ2n) is 8.56. The molecule has 3 atom stereocenters. The molecule has 0 saturated carbocycles. The monoisotopic (exact) mass is 447 g/mol. The van der Waals surface area contributed by atoms with Crippen molar-refractivity contribution in [2.75, 3.05) is 6.54 Å². The lowest BCUT2D eigenvalue weighted by Crippen LogP contribution is -2.35. The molecule has 2 heterocycles. The van der Waals surface area contributed by atoms with Gasteiger partial charge in [0.15, 0.2) is 0 Å². The van der Waals surface area contributed by atoms with Crippen LogP contribution in [0.1, 0.15) is 53.0 Å². The normalized spacial score (nSPS) is 18.8. The maximum atomic E-state index is 14.0. The highest BCUT2D eigenvalue weighted by Crippen LogP contribution is 2.26. The summed E-state index contributed by atoms with van der Waals surface area (Å²) in [5.74, 6) is -0.544. The molecule has 3 aromatic rings. The maximum Gasteiger partial charge on any atom is 0.254 e. The number of rotatable bonds is 8. The molecule has 6 heteroatoms. The molecule has 2 aromatic carbocycles. The van der Waals surface area contributed by atoms with Gasteiger partial charge in [0.05, 0.1) is 18.3 Å². The quantitative estimate of drug-likeness (QED) is 0.541. The van der Waals surface area contributed by atoms with E-state index in [-0.39, 0.29) is 30.2 Å². The highest BCUT2D eigenvalue weighted by atomic mass is 19.1. The lowest BCUT2D eigenvalue weighted by atomic mass is 10.0. The van der Waals surface area contributed by atoms with E-state index in [0.717, 1.165) is 30.4 Å². The first kappa shape index (κ1) is 23.1. The van der Waals surface area contributed by atoms with Crippen LogP contribution in [0, 0.1) is 5.82 Å². The Hall–Kier alpha value is -3.09. The van der Waals surface area contributed by atoms with E-state index in [9.17, 15) is 14.3 Å². The Morgan fingerprint density at radius 3 is 2.58 bits per heavy atom. The number of pyridine rings is 1. The summed E-state index contributed by atoms with van der Waals surface area (Å²) >= 11 is 0. The summed E-state index contributed by atoms with van der Waals surface area (Å²) in [6, 6.07) is 20.6. The summed E-state index contributed by atoms with van der Waals surface area (Å²) in [7, 11) is 0. The van der Waals surface area contributed by atoms with Crippen molar-refractivity contribution in [3.8, 4) is 0 Å². The summed E-state index contributed by atoms with van der Waals surface area (Å²) in [6.07, 6.45) is 3.77. The average Bonchev–Trinajstić information content (AvgIpc) is 3.32. The Bertz CT molecular complexity index is 1060. The van der Waals surface area contributed by atoms with Crippen LogP contribution in [0.5, 0.6) is 0 Å². The van der Waals surface area contributed by atoms with Gasteiger partial charge < -0.3 is 15.3 Å². The van der Waals surface area contributed by atoms with E-state index in [1.54, 1.807) is 11.0 Å². The number of benzene rings is 2. The van der Waals surface area contributed by atoms with Gasteiger partial charge in [0.1, 0.15) is 5.82 Å². The van der Waals surface area contributed by atoms with E-state index in [0.29, 0.717) is 12.1 Å². The van der Waals surface area contributed by atoms with Crippen molar-refractivity contribution in [2.45, 2.75) is 50.9 Å². The lowest BCUT2D eigenvalue weighted by Gasteiger charge is -2.21. The smallest absolute Gasteiger partial charge is 0.254 e. The van der Waals surface area contributed by atoms with Gasteiger partial charge >= 0.3 is 0 Å². The lowest BCUT2D eigenvalue weighted by molar-refractivity contribution is 0.0749. The van der Waals surface area contributed by atoms with Crippen LogP contribution in [-0.4, -0.2) is 39.5 Å². The summed E-state index contributed by atoms with van der Waals surface area (Å²) in [6.45, 7) is 2.48. The molecule has 1 amide bonds. The number of aliphatic hydroxyl groups is 1. The fourth-order valence-corrected chi connectivity index (χ4v) is 4.44. The van der Waals surface area contributed by atoms with Crippen molar-refractivity contribution in [1.82, 2.24) is 15.2 Å². The number of carbonyl (C=O) groups excluding carboxylic acids is 1. The third-order valence-corrected chi connectivity index (χ3v) is 6.33. The van der Waals surface area contributed by atoms with Gasteiger partial charge in [-0.15, -0.1) is 0 Å². The Morgan fingerprint density at radius 1 is 1.12 bits per heavy atom. The number of nitrogens with one attached hydrogen (secondary N) is 1. The predicted molar refractivity (Wildman–Crippen MR) is 126 cm³/mol. The van der Waals surface area contributed by atoms with E-state index in [1.807, 2.05) is 61.5 Å². The number of hydrogen-bond acceptors (Lipinski definition) is 4. The molecule has 1 saturated heterocycles. The minimum Gasteiger partial charge on any atom is -0.387 e. The minimum atomic E-state index is -0.514. The van der Waals surface area contributed by atoms with Crippen LogP contribution in [0.4, 0.5) is 4.39 Å². The van der Waals surface area contributed by atoms with Gasteiger partial charge in [-0.2, -0.15) is 0 Å². The number of nitrogens with zero attached hydrogens (tertiary/aromatic N) is 2. The van der Waals surface area contributed by atoms with Gasteiger partial charge in [-0.1, -0.05) is 42.5 Å². The van der Waals surface area contributed by atoms with E-state index < -0.39 is 11.9 Å². The Morgan fingerprint density at radius 2 is 1.88 bits per heavy atom. The first-order chi connectivity index (χ1) is 16.0. The SMILES string of the molecule is CCN(Cc1ncccc1F)C(=O)c1ccc(C[C@@H]2CC[C@H]([C@H](O)c3ccccc3)N2)cc1. The molecule has 172 valence electrons. The summed E-state index contributed by atoms with van der Waals surface area (Å²) < 4.78 is 14.0. The number of carbonyl (C=O) groups is 1. The molecule has 4 rings (SSSR count). The molecular weight excluding hydrogens is 417 g/mol. The molecule has 1 fully saturated rings. The molecule has 1 aliphatic heterocycles. The van der Waals surface area contributed by atoms with Crippen molar-refractivity contribution >= 4 is 5.91 Å². The highest BCUT2D eigenvalue weighted by molar-refractivity contribution is 5.94. The van der Waals surface area contributed by atoms with E-state index in [4.69, 9.17) is 0 Å². The van der Waals surface area contributed by atoms with Crippen molar-refractivity contribution in [3.63, 3.8) is 0 Å². The molecule has 33 heavy (non-hydrogen) atoms. The van der Waals surface area contributed by atoms with Gasteiger partial charge in [-0.3, -0.25) is 9.78 Å². The Labute approximate surface area is 194 Å². The zero-order valence-corrected chi connectivity index (χ0v) is 18.8. The average molecular weight is 448 g/mol. The molecule has 1 aromatic heterocycles. The number of amides is 1. The van der Waals surface area contributed by atoms with Crippen LogP contribution >= 0.6 is 0 Å². The van der Waals surface area contributed by atoms with Gasteiger partial charge in [0.2, 0.25) is 0 Å². The second-order valence-corrected chi connectivity index (χ2v) is 8.56. The topological polar surface area (TPSA) is 65.5 Å². The van der Waals surface area contributed by atoms with Crippen LogP contribution in [0.15, 0.2) is 72.9 Å². The van der Waals surface area contributed by atoms with Crippen LogP contribution < -0.4 is 5.32 Å². The van der Waals surface area contributed by atoms with Crippen molar-refractivity contribution in [3.05, 3.63) is 101 Å². The predicted octanol–water partition coefficient (Wildman–Crippen LogP) is 4.28. The molecule has 0 unspecified atom stereocenters. The first-order valence-electron chi connectivity index (χ1n) is 11.5. The van der Waals surface area contributed by atoms with Crippen molar-refractivity contribution in [1.29, 1.82) is 0 Å². The third-order valence-electron chi connectivity index (χ3n) is 6.33. The van der Waals surface area contributed by atoms with E-state index >= 15 is 0 Å². The van der Waals surface area contributed by atoms with Crippen molar-refractivity contribution in [2.24, 2.45) is 0 Å². The fourth-order valence-electron chi connectivity index (χ4n) is 4.44. The standard InChI is InChI=1S/C27H30FN3O2/c1-2-31(18-25-23(28)9-6-16-29-25)27(33)21-12-10-19(11-13-21)17-22-14-15-24(30-22)26(32)20-7-4-3-5-8-20/h3-13,16,22,24,26,30,32H,2,14-15,17-18H2,1H3/t22-,24+,26+/m0/s1. The Balaban J connectivity index is 1.34. The number of halogens is 1. The summed E-state index contributed by atoms with van der Waals surface area (Å²) in [5, 5.41) is 14.2. The van der Waals surface area contributed by atoms with Gasteiger partial charge in [-0.25, -0.2) is 4.39 Å². The van der Waals surface area contributed by atoms with Crippen LogP contribution in [0.2, 0.25) is 0 Å². The van der Waals surface area contributed by atoms with Gasteiger partial charge in [-0.05, 0) is 61.6 Å². The van der Waals surface area contributed by atoms with Gasteiger partial charge in [0, 0.05) is 30.4 Å². The molecule has 1 aliphatic rings. The first-order valence-corrected chi connectivity index (χ1v) is 11.5. The minimum absolute atomic E-state index is 0.0448. The second kappa shape index (κ2) is 10.7. The molecule has 0 bridgehead atoms. The van der Waals surface area contributed by atoms with Gasteiger partial charge in [0.25, 0.3) is 5.91 Å². The number of aromatic nitrogens is 1. The zero-order chi connectivity index (χ0) is 23.2. The summed E-state index contributed by atoms with van der Waals surface area (Å²) in [5.41, 5.74) is 2.92. The van der Waals surface area contributed by atoms with E-state index in [1.165, 1.54) is 12.3 Å². The highest BCUT2D eigenvalue weighted by Gasteiger charge is 2.30. The fraction of sp³-hybridized carbons (Fsp3) is 0.333. The summed E-state index contributed by atoms with van der Waals surface area (Å²) in [4.78, 5) is 18.6. The zero-order valence-electron chi connectivity index (χ0n) is 18.8. The molecule has 0 radical (unpaired) electrons. The molecule has 2 N–H and O–H groups in total. The molecule has 5 nitrogen and oxygen atoms in total. The van der Waals surface area contributed by atoms with Crippen LogP contribution in [-0.2, 0) is 13.0 Å². The Kier molecular flexibility index (Phi) is 7.47. The number of aliphatic hydroxyl groups excluding tert-OH is 1.